The van der Waals surface area contributed by atoms with Gasteiger partial charge in [-0.05, 0) is 60.5 Å². The lowest BCUT2D eigenvalue weighted by Gasteiger charge is -2.13. The lowest BCUT2D eigenvalue weighted by atomic mass is 10.1. The lowest BCUT2D eigenvalue weighted by Crippen LogP contribution is -2.28. The van der Waals surface area contributed by atoms with Gasteiger partial charge in [-0.25, -0.2) is 4.79 Å². The van der Waals surface area contributed by atoms with Crippen LogP contribution in [0, 0.1) is 0 Å². The van der Waals surface area contributed by atoms with Crippen molar-refractivity contribution in [3.63, 3.8) is 0 Å². The molecule has 5 nitrogen and oxygen atoms in total. The number of hydrogen-bond acceptors (Lipinski definition) is 4. The molecule has 0 aliphatic rings. The number of carbonyl (C=O) groups is 1. The third-order valence-corrected chi connectivity index (χ3v) is 4.40. The highest BCUT2D eigenvalue weighted by Gasteiger charge is 2.13. The quantitative estimate of drug-likeness (QED) is 0.521. The Labute approximate surface area is 166 Å². The van der Waals surface area contributed by atoms with Crippen LogP contribution >= 0.6 is 12.2 Å². The van der Waals surface area contributed by atoms with E-state index >= 15 is 0 Å². The molecule has 0 unspecified atom stereocenters. The van der Waals surface area contributed by atoms with Crippen molar-refractivity contribution in [1.29, 1.82) is 0 Å². The van der Waals surface area contributed by atoms with Crippen LogP contribution in [0.25, 0.3) is 0 Å². The molecular formula is C21H26N2O3S. The average molecular weight is 387 g/mol. The molecule has 2 aromatic rings. The summed E-state index contributed by atoms with van der Waals surface area (Å²) in [6.45, 7) is 2.67. The first kappa shape index (κ1) is 20.7. The highest BCUT2D eigenvalue weighted by Crippen LogP contribution is 2.21. The fraction of sp³-hybridized carbons (Fsp3) is 0.333. The Morgan fingerprint density at radius 1 is 1.07 bits per heavy atom. The van der Waals surface area contributed by atoms with E-state index in [0.717, 1.165) is 17.7 Å². The number of anilines is 1. The standard InChI is InChI=1S/C21H26N2O3S/c1-4-5-6-15-7-10-17(11-8-15)23-21(27)22-14-16-9-12-19(25-2)18(13-16)20(24)26-3/h7-13H,4-6,14H2,1-3H3,(H2,22,23,27). The Balaban J connectivity index is 1.92. The van der Waals surface area contributed by atoms with E-state index in [1.54, 1.807) is 12.1 Å². The second-order valence-corrected chi connectivity index (χ2v) is 6.54. The van der Waals surface area contributed by atoms with Gasteiger partial charge >= 0.3 is 5.97 Å². The van der Waals surface area contributed by atoms with Crippen molar-refractivity contribution in [2.24, 2.45) is 0 Å². The number of carbonyl (C=O) groups excluding carboxylic acids is 1. The zero-order valence-electron chi connectivity index (χ0n) is 16.0. The van der Waals surface area contributed by atoms with Gasteiger partial charge in [0, 0.05) is 12.2 Å². The molecule has 27 heavy (non-hydrogen) atoms. The molecule has 0 aliphatic carbocycles. The van der Waals surface area contributed by atoms with Crippen LogP contribution in [-0.2, 0) is 17.7 Å². The smallest absolute Gasteiger partial charge is 0.341 e. The zero-order chi connectivity index (χ0) is 19.6. The predicted octanol–water partition coefficient (Wildman–Crippen LogP) is 4.31. The molecule has 0 spiro atoms. The number of rotatable bonds is 8. The number of aryl methyl sites for hydroxylation is 1. The molecule has 0 aromatic heterocycles. The van der Waals surface area contributed by atoms with Crippen molar-refractivity contribution in [2.45, 2.75) is 32.7 Å². The van der Waals surface area contributed by atoms with E-state index in [1.807, 2.05) is 18.2 Å². The summed E-state index contributed by atoms with van der Waals surface area (Å²) in [5.74, 6) is 0.0482. The maximum Gasteiger partial charge on any atom is 0.341 e. The summed E-state index contributed by atoms with van der Waals surface area (Å²) >= 11 is 5.36. The van der Waals surface area contributed by atoms with Gasteiger partial charge in [-0.15, -0.1) is 0 Å². The van der Waals surface area contributed by atoms with Crippen LogP contribution in [0.5, 0.6) is 5.75 Å². The molecule has 0 aliphatic heterocycles. The number of methoxy groups -OCH3 is 2. The summed E-state index contributed by atoms with van der Waals surface area (Å²) in [5, 5.41) is 6.84. The van der Waals surface area contributed by atoms with Crippen LogP contribution in [0.15, 0.2) is 42.5 Å². The molecule has 0 atom stereocenters. The monoisotopic (exact) mass is 386 g/mol. The first-order valence-corrected chi connectivity index (χ1v) is 9.37. The van der Waals surface area contributed by atoms with Crippen molar-refractivity contribution in [3.8, 4) is 5.75 Å². The van der Waals surface area contributed by atoms with E-state index in [-0.39, 0.29) is 0 Å². The minimum atomic E-state index is -0.433. The van der Waals surface area contributed by atoms with Crippen molar-refractivity contribution >= 4 is 29.0 Å². The number of thiocarbonyl (C=S) groups is 1. The number of ether oxygens (including phenoxy) is 2. The van der Waals surface area contributed by atoms with Gasteiger partial charge in [-0.1, -0.05) is 31.5 Å². The largest absolute Gasteiger partial charge is 0.496 e. The Hall–Kier alpha value is -2.60. The Morgan fingerprint density at radius 3 is 2.41 bits per heavy atom. The van der Waals surface area contributed by atoms with Crippen LogP contribution in [0.3, 0.4) is 0 Å². The molecule has 0 amide bonds. The van der Waals surface area contributed by atoms with E-state index < -0.39 is 5.97 Å². The molecule has 0 fully saturated rings. The number of esters is 1. The summed E-state index contributed by atoms with van der Waals surface area (Å²) in [4.78, 5) is 11.9. The van der Waals surface area contributed by atoms with Crippen molar-refractivity contribution in [2.75, 3.05) is 19.5 Å². The van der Waals surface area contributed by atoms with Gasteiger partial charge in [-0.3, -0.25) is 0 Å². The van der Waals surface area contributed by atoms with Gasteiger partial charge in [0.2, 0.25) is 0 Å². The normalized spacial score (nSPS) is 10.2. The van der Waals surface area contributed by atoms with Crippen LogP contribution < -0.4 is 15.4 Å². The van der Waals surface area contributed by atoms with Gasteiger partial charge in [0.25, 0.3) is 0 Å². The van der Waals surface area contributed by atoms with Crippen LogP contribution in [0.2, 0.25) is 0 Å². The van der Waals surface area contributed by atoms with E-state index in [9.17, 15) is 4.79 Å². The van der Waals surface area contributed by atoms with Gasteiger partial charge in [0.1, 0.15) is 11.3 Å². The third-order valence-electron chi connectivity index (χ3n) is 4.15. The summed E-state index contributed by atoms with van der Waals surface area (Å²) in [6.07, 6.45) is 3.48. The molecule has 0 heterocycles. The SMILES string of the molecule is CCCCc1ccc(NC(=S)NCc2ccc(OC)c(C(=O)OC)c2)cc1. The van der Waals surface area contributed by atoms with E-state index in [4.69, 9.17) is 21.7 Å². The van der Waals surface area contributed by atoms with Gasteiger partial charge in [0.05, 0.1) is 14.2 Å². The van der Waals surface area contributed by atoms with Crippen molar-refractivity contribution in [1.82, 2.24) is 5.32 Å². The molecular weight excluding hydrogens is 360 g/mol. The second kappa shape index (κ2) is 10.5. The molecule has 2 rings (SSSR count). The molecule has 0 saturated carbocycles. The van der Waals surface area contributed by atoms with Gasteiger partial charge in [-0.2, -0.15) is 0 Å². The number of hydrogen-bond donors (Lipinski definition) is 2. The molecule has 0 radical (unpaired) electrons. The Kier molecular flexibility index (Phi) is 8.07. The summed E-state index contributed by atoms with van der Waals surface area (Å²) in [6, 6.07) is 13.7. The minimum absolute atomic E-state index is 0.390. The third kappa shape index (κ3) is 6.25. The fourth-order valence-corrected chi connectivity index (χ4v) is 2.82. The predicted molar refractivity (Wildman–Crippen MR) is 112 cm³/mol. The first-order chi connectivity index (χ1) is 13.1. The molecule has 0 bridgehead atoms. The molecule has 2 aromatic carbocycles. The van der Waals surface area contributed by atoms with Crippen LogP contribution in [-0.4, -0.2) is 25.3 Å². The van der Waals surface area contributed by atoms with Crippen molar-refractivity contribution in [3.05, 3.63) is 59.2 Å². The minimum Gasteiger partial charge on any atom is -0.496 e. The molecule has 144 valence electrons. The van der Waals surface area contributed by atoms with Gasteiger partial charge in [0.15, 0.2) is 5.11 Å². The Bertz CT molecular complexity index is 775. The topological polar surface area (TPSA) is 59.6 Å². The zero-order valence-corrected chi connectivity index (χ0v) is 16.8. The van der Waals surface area contributed by atoms with Crippen LogP contribution in [0.4, 0.5) is 5.69 Å². The maximum atomic E-state index is 11.9. The van der Waals surface area contributed by atoms with E-state index in [0.29, 0.717) is 23.0 Å². The Morgan fingerprint density at radius 2 is 1.78 bits per heavy atom. The number of benzene rings is 2. The fourth-order valence-electron chi connectivity index (χ4n) is 2.63. The average Bonchev–Trinajstić information content (AvgIpc) is 2.71. The highest BCUT2D eigenvalue weighted by atomic mass is 32.1. The highest BCUT2D eigenvalue weighted by molar-refractivity contribution is 7.80. The second-order valence-electron chi connectivity index (χ2n) is 6.13. The van der Waals surface area contributed by atoms with E-state index in [2.05, 4.69) is 29.7 Å². The molecule has 0 saturated heterocycles. The summed E-state index contributed by atoms with van der Waals surface area (Å²) < 4.78 is 10.00. The lowest BCUT2D eigenvalue weighted by molar-refractivity contribution is 0.0597. The maximum absolute atomic E-state index is 11.9. The number of unbranched alkanes of at least 4 members (excludes halogenated alkanes) is 1. The summed E-state index contributed by atoms with van der Waals surface area (Å²) in [5.41, 5.74) is 3.56. The number of nitrogens with one attached hydrogen (secondary N) is 2. The van der Waals surface area contributed by atoms with Crippen LogP contribution in [0.1, 0.15) is 41.3 Å². The van der Waals surface area contributed by atoms with E-state index in [1.165, 1.54) is 32.6 Å². The first-order valence-electron chi connectivity index (χ1n) is 8.96. The summed E-state index contributed by atoms with van der Waals surface area (Å²) in [7, 11) is 2.87. The van der Waals surface area contributed by atoms with Crippen molar-refractivity contribution < 1.29 is 14.3 Å². The molecule has 6 heteroatoms. The van der Waals surface area contributed by atoms with Gasteiger partial charge < -0.3 is 20.1 Å². The molecule has 2 N–H and O–H groups in total.